The highest BCUT2D eigenvalue weighted by atomic mass is 19.1. The standard InChI is InChI=1S/C15H16FN3O3/c1-17-9-13(20)19-7-6-18(8-12(19)15(17)22)14(21)10-2-4-11(16)5-3-10/h2-5,12H,6-9H2,1H3/t12-/m1/s1. The van der Waals surface area contributed by atoms with Gasteiger partial charge < -0.3 is 14.7 Å². The van der Waals surface area contributed by atoms with Gasteiger partial charge in [0.15, 0.2) is 0 Å². The molecule has 3 rings (SSSR count). The molecule has 2 heterocycles. The van der Waals surface area contributed by atoms with E-state index in [0.717, 1.165) is 0 Å². The fraction of sp³-hybridized carbons (Fsp3) is 0.400. The third kappa shape index (κ3) is 2.43. The van der Waals surface area contributed by atoms with Crippen LogP contribution in [0.15, 0.2) is 24.3 Å². The Morgan fingerprint density at radius 3 is 2.55 bits per heavy atom. The maximum atomic E-state index is 12.9. The molecule has 7 heteroatoms. The fourth-order valence-corrected chi connectivity index (χ4v) is 2.88. The number of carbonyl (C=O) groups is 3. The van der Waals surface area contributed by atoms with Gasteiger partial charge in [-0.25, -0.2) is 4.39 Å². The fourth-order valence-electron chi connectivity index (χ4n) is 2.88. The summed E-state index contributed by atoms with van der Waals surface area (Å²) in [5, 5.41) is 0. The van der Waals surface area contributed by atoms with Gasteiger partial charge in [0.25, 0.3) is 5.91 Å². The summed E-state index contributed by atoms with van der Waals surface area (Å²) in [4.78, 5) is 41.0. The number of nitrogens with zero attached hydrogens (tertiary/aromatic N) is 3. The molecule has 116 valence electrons. The lowest BCUT2D eigenvalue weighted by Crippen LogP contribution is -2.66. The highest BCUT2D eigenvalue weighted by Gasteiger charge is 2.42. The number of likely N-dealkylation sites (N-methyl/N-ethyl adjacent to an activating group) is 1. The molecule has 0 bridgehead atoms. The van der Waals surface area contributed by atoms with Crippen LogP contribution in [0.2, 0.25) is 0 Å². The van der Waals surface area contributed by atoms with E-state index in [1.54, 1.807) is 11.9 Å². The quantitative estimate of drug-likeness (QED) is 0.731. The van der Waals surface area contributed by atoms with Crippen LogP contribution in [0, 0.1) is 5.82 Å². The number of piperazine rings is 2. The van der Waals surface area contributed by atoms with Crippen molar-refractivity contribution in [1.29, 1.82) is 0 Å². The smallest absolute Gasteiger partial charge is 0.254 e. The average Bonchev–Trinajstić information content (AvgIpc) is 2.52. The predicted molar refractivity (Wildman–Crippen MR) is 75.4 cm³/mol. The van der Waals surface area contributed by atoms with Crippen LogP contribution < -0.4 is 0 Å². The van der Waals surface area contributed by atoms with E-state index in [4.69, 9.17) is 0 Å². The average molecular weight is 305 g/mol. The van der Waals surface area contributed by atoms with E-state index < -0.39 is 11.9 Å². The molecule has 1 aromatic carbocycles. The van der Waals surface area contributed by atoms with Crippen LogP contribution in [0.5, 0.6) is 0 Å². The van der Waals surface area contributed by atoms with E-state index in [1.165, 1.54) is 34.1 Å². The number of amides is 3. The molecule has 0 N–H and O–H groups in total. The minimum absolute atomic E-state index is 0.0846. The molecule has 0 radical (unpaired) electrons. The summed E-state index contributed by atoms with van der Waals surface area (Å²) in [5.74, 6) is -0.915. The van der Waals surface area contributed by atoms with E-state index in [1.807, 2.05) is 0 Å². The van der Waals surface area contributed by atoms with E-state index >= 15 is 0 Å². The number of fused-ring (bicyclic) bond motifs is 1. The first-order valence-electron chi connectivity index (χ1n) is 7.06. The Morgan fingerprint density at radius 2 is 1.86 bits per heavy atom. The second kappa shape index (κ2) is 5.40. The van der Waals surface area contributed by atoms with Crippen molar-refractivity contribution in [1.82, 2.24) is 14.7 Å². The van der Waals surface area contributed by atoms with Crippen molar-refractivity contribution in [3.05, 3.63) is 35.6 Å². The molecule has 2 aliphatic heterocycles. The van der Waals surface area contributed by atoms with Crippen LogP contribution in [0.4, 0.5) is 4.39 Å². The van der Waals surface area contributed by atoms with Gasteiger partial charge in [0.2, 0.25) is 11.8 Å². The number of benzene rings is 1. The van der Waals surface area contributed by atoms with E-state index in [0.29, 0.717) is 18.7 Å². The predicted octanol–water partition coefficient (Wildman–Crippen LogP) is -0.0493. The molecule has 2 saturated heterocycles. The monoisotopic (exact) mass is 305 g/mol. The molecule has 6 nitrogen and oxygen atoms in total. The van der Waals surface area contributed by atoms with Crippen LogP contribution in [0.1, 0.15) is 10.4 Å². The Bertz CT molecular complexity index is 631. The Hall–Kier alpha value is -2.44. The molecule has 1 atom stereocenters. The lowest BCUT2D eigenvalue weighted by Gasteiger charge is -2.45. The van der Waals surface area contributed by atoms with E-state index in [2.05, 4.69) is 0 Å². The largest absolute Gasteiger partial charge is 0.335 e. The number of halogens is 1. The molecule has 0 spiro atoms. The van der Waals surface area contributed by atoms with Gasteiger partial charge in [-0.1, -0.05) is 0 Å². The normalized spacial score (nSPS) is 21.9. The third-order valence-corrected chi connectivity index (χ3v) is 4.11. The molecule has 2 fully saturated rings. The van der Waals surface area contributed by atoms with Crippen molar-refractivity contribution in [2.45, 2.75) is 6.04 Å². The molecule has 1 aromatic rings. The summed E-state index contributed by atoms with van der Waals surface area (Å²) in [6.07, 6.45) is 0. The van der Waals surface area contributed by atoms with Gasteiger partial charge in [0.05, 0.1) is 13.1 Å². The number of carbonyl (C=O) groups excluding carboxylic acids is 3. The molecule has 0 unspecified atom stereocenters. The zero-order valence-electron chi connectivity index (χ0n) is 12.2. The van der Waals surface area contributed by atoms with Crippen LogP contribution in [-0.4, -0.2) is 71.7 Å². The second-order valence-corrected chi connectivity index (χ2v) is 5.56. The maximum absolute atomic E-state index is 12.9. The van der Waals surface area contributed by atoms with Gasteiger partial charge in [-0.05, 0) is 24.3 Å². The summed E-state index contributed by atoms with van der Waals surface area (Å²) >= 11 is 0. The van der Waals surface area contributed by atoms with Gasteiger partial charge in [-0.3, -0.25) is 14.4 Å². The molecule has 3 amide bonds. The summed E-state index contributed by atoms with van der Waals surface area (Å²) in [7, 11) is 1.58. The Balaban J connectivity index is 1.77. The number of hydrogen-bond donors (Lipinski definition) is 0. The molecule has 0 saturated carbocycles. The lowest BCUT2D eigenvalue weighted by molar-refractivity contribution is -0.157. The minimum Gasteiger partial charge on any atom is -0.335 e. The lowest BCUT2D eigenvalue weighted by atomic mass is 10.1. The third-order valence-electron chi connectivity index (χ3n) is 4.11. The highest BCUT2D eigenvalue weighted by molar-refractivity contribution is 5.97. The Kier molecular flexibility index (Phi) is 3.56. The topological polar surface area (TPSA) is 60.9 Å². The van der Waals surface area contributed by atoms with Crippen LogP contribution in [0.3, 0.4) is 0 Å². The van der Waals surface area contributed by atoms with Crippen molar-refractivity contribution >= 4 is 17.7 Å². The number of hydrogen-bond acceptors (Lipinski definition) is 3. The number of rotatable bonds is 1. The zero-order valence-corrected chi connectivity index (χ0v) is 12.2. The zero-order chi connectivity index (χ0) is 15.9. The van der Waals surface area contributed by atoms with Crippen LogP contribution in [-0.2, 0) is 9.59 Å². The van der Waals surface area contributed by atoms with Gasteiger partial charge in [0, 0.05) is 25.7 Å². The highest BCUT2D eigenvalue weighted by Crippen LogP contribution is 2.19. The Morgan fingerprint density at radius 1 is 1.18 bits per heavy atom. The minimum atomic E-state index is -0.621. The molecular weight excluding hydrogens is 289 g/mol. The summed E-state index contributed by atoms with van der Waals surface area (Å²) < 4.78 is 12.9. The second-order valence-electron chi connectivity index (χ2n) is 5.56. The molecule has 0 aromatic heterocycles. The van der Waals surface area contributed by atoms with Crippen LogP contribution >= 0.6 is 0 Å². The molecule has 22 heavy (non-hydrogen) atoms. The van der Waals surface area contributed by atoms with E-state index in [9.17, 15) is 18.8 Å². The first-order chi connectivity index (χ1) is 10.5. The van der Waals surface area contributed by atoms with Gasteiger partial charge in [-0.2, -0.15) is 0 Å². The van der Waals surface area contributed by atoms with Crippen molar-refractivity contribution in [3.63, 3.8) is 0 Å². The summed E-state index contributed by atoms with van der Waals surface area (Å²) in [6, 6.07) is 4.68. The van der Waals surface area contributed by atoms with Crippen LogP contribution in [0.25, 0.3) is 0 Å². The van der Waals surface area contributed by atoms with Crippen molar-refractivity contribution in [2.24, 2.45) is 0 Å². The summed E-state index contributed by atoms with van der Waals surface area (Å²) in [6.45, 7) is 0.970. The first-order valence-corrected chi connectivity index (χ1v) is 7.06. The maximum Gasteiger partial charge on any atom is 0.254 e. The molecule has 2 aliphatic rings. The summed E-state index contributed by atoms with van der Waals surface area (Å²) in [5.41, 5.74) is 0.373. The first kappa shape index (κ1) is 14.5. The SMILES string of the molecule is CN1CC(=O)N2CCN(C(=O)c3ccc(F)cc3)C[C@@H]2C1=O. The Labute approximate surface area is 127 Å². The van der Waals surface area contributed by atoms with Crippen molar-refractivity contribution < 1.29 is 18.8 Å². The van der Waals surface area contributed by atoms with Gasteiger partial charge >= 0.3 is 0 Å². The van der Waals surface area contributed by atoms with Gasteiger partial charge in [-0.15, -0.1) is 0 Å². The van der Waals surface area contributed by atoms with Gasteiger partial charge in [0.1, 0.15) is 11.9 Å². The molecule has 0 aliphatic carbocycles. The van der Waals surface area contributed by atoms with Crippen molar-refractivity contribution in [3.8, 4) is 0 Å². The van der Waals surface area contributed by atoms with E-state index in [-0.39, 0.29) is 30.8 Å². The van der Waals surface area contributed by atoms with Crippen molar-refractivity contribution in [2.75, 3.05) is 33.2 Å². The molecular formula is C15H16FN3O3.